The molecule has 0 aliphatic heterocycles. The van der Waals surface area contributed by atoms with Crippen molar-refractivity contribution in [2.75, 3.05) is 19.5 Å². The molecule has 1 saturated carbocycles. The normalized spacial score (nSPS) is 20.8. The van der Waals surface area contributed by atoms with E-state index in [0.29, 0.717) is 6.04 Å². The largest absolute Gasteiger partial charge is 0.493 e. The number of methoxy groups -OCH3 is 2. The highest BCUT2D eigenvalue weighted by molar-refractivity contribution is 5.94. The molecule has 1 aromatic heterocycles. The third kappa shape index (κ3) is 2.26. The Morgan fingerprint density at radius 3 is 2.65 bits per heavy atom. The van der Waals surface area contributed by atoms with Crippen molar-refractivity contribution < 1.29 is 9.47 Å². The van der Waals surface area contributed by atoms with E-state index in [0.717, 1.165) is 34.0 Å². The summed E-state index contributed by atoms with van der Waals surface area (Å²) >= 11 is 0. The highest BCUT2D eigenvalue weighted by Gasteiger charge is 2.35. The Balaban J connectivity index is 2.00. The van der Waals surface area contributed by atoms with Crippen molar-refractivity contribution in [3.8, 4) is 11.5 Å². The predicted octanol–water partition coefficient (Wildman–Crippen LogP) is 3.46. The zero-order chi connectivity index (χ0) is 14.1. The van der Waals surface area contributed by atoms with E-state index < -0.39 is 0 Å². The van der Waals surface area contributed by atoms with Crippen LogP contribution in [0, 0.1) is 5.92 Å². The SMILES string of the molecule is CCC1CC1Nc1nccc2cc(OC)c(OC)cc12. The molecule has 2 unspecified atom stereocenters. The second-order valence-electron chi connectivity index (χ2n) is 5.24. The van der Waals surface area contributed by atoms with E-state index in [1.807, 2.05) is 24.4 Å². The number of hydrogen-bond acceptors (Lipinski definition) is 4. The van der Waals surface area contributed by atoms with Crippen LogP contribution < -0.4 is 14.8 Å². The minimum Gasteiger partial charge on any atom is -0.493 e. The summed E-state index contributed by atoms with van der Waals surface area (Å²) in [5.41, 5.74) is 0. The van der Waals surface area contributed by atoms with E-state index in [9.17, 15) is 0 Å². The summed E-state index contributed by atoms with van der Waals surface area (Å²) in [6.45, 7) is 2.23. The average molecular weight is 272 g/mol. The Morgan fingerprint density at radius 2 is 2.00 bits per heavy atom. The van der Waals surface area contributed by atoms with Gasteiger partial charge in [0.15, 0.2) is 11.5 Å². The van der Waals surface area contributed by atoms with E-state index in [4.69, 9.17) is 9.47 Å². The van der Waals surface area contributed by atoms with Gasteiger partial charge in [-0.25, -0.2) is 4.98 Å². The molecule has 3 rings (SSSR count). The van der Waals surface area contributed by atoms with Gasteiger partial charge in [-0.15, -0.1) is 0 Å². The smallest absolute Gasteiger partial charge is 0.161 e. The maximum absolute atomic E-state index is 5.38. The first-order valence-corrected chi connectivity index (χ1v) is 7.04. The van der Waals surface area contributed by atoms with E-state index in [2.05, 4.69) is 17.2 Å². The van der Waals surface area contributed by atoms with Crippen LogP contribution in [0.25, 0.3) is 10.8 Å². The molecule has 2 aromatic rings. The lowest BCUT2D eigenvalue weighted by molar-refractivity contribution is 0.356. The lowest BCUT2D eigenvalue weighted by Gasteiger charge is -2.12. The third-order valence-corrected chi connectivity index (χ3v) is 4.04. The first kappa shape index (κ1) is 13.0. The molecule has 0 amide bonds. The van der Waals surface area contributed by atoms with Gasteiger partial charge in [0.1, 0.15) is 5.82 Å². The summed E-state index contributed by atoms with van der Waals surface area (Å²) in [5.74, 6) is 3.20. The standard InChI is InChI=1S/C16H20N2O2/c1-4-10-7-13(10)18-16-12-9-15(20-3)14(19-2)8-11(12)5-6-17-16/h5-6,8-10,13H,4,7H2,1-3H3,(H,17,18). The topological polar surface area (TPSA) is 43.4 Å². The van der Waals surface area contributed by atoms with Gasteiger partial charge >= 0.3 is 0 Å². The van der Waals surface area contributed by atoms with Gasteiger partial charge in [-0.2, -0.15) is 0 Å². The predicted molar refractivity (Wildman–Crippen MR) is 80.7 cm³/mol. The zero-order valence-electron chi connectivity index (χ0n) is 12.1. The van der Waals surface area contributed by atoms with Gasteiger partial charge in [0.2, 0.25) is 0 Å². The average Bonchev–Trinajstić information content (AvgIpc) is 3.24. The Hall–Kier alpha value is -1.97. The molecule has 1 aromatic carbocycles. The van der Waals surface area contributed by atoms with Gasteiger partial charge < -0.3 is 14.8 Å². The highest BCUT2D eigenvalue weighted by Crippen LogP contribution is 2.39. The molecule has 0 bridgehead atoms. The Labute approximate surface area is 119 Å². The van der Waals surface area contributed by atoms with E-state index in [1.165, 1.54) is 12.8 Å². The number of ether oxygens (including phenoxy) is 2. The highest BCUT2D eigenvalue weighted by atomic mass is 16.5. The number of benzene rings is 1. The lowest BCUT2D eigenvalue weighted by atomic mass is 10.1. The van der Waals surface area contributed by atoms with Crippen molar-refractivity contribution >= 4 is 16.6 Å². The fraction of sp³-hybridized carbons (Fsp3) is 0.438. The maximum atomic E-state index is 5.38. The molecule has 4 heteroatoms. The van der Waals surface area contributed by atoms with Crippen molar-refractivity contribution in [3.05, 3.63) is 24.4 Å². The van der Waals surface area contributed by atoms with Crippen molar-refractivity contribution in [2.45, 2.75) is 25.8 Å². The van der Waals surface area contributed by atoms with Crippen LogP contribution in [-0.4, -0.2) is 25.2 Å². The number of anilines is 1. The molecular formula is C16H20N2O2. The quantitative estimate of drug-likeness (QED) is 0.905. The van der Waals surface area contributed by atoms with Crippen LogP contribution in [0.15, 0.2) is 24.4 Å². The number of nitrogens with one attached hydrogen (secondary N) is 1. The first-order chi connectivity index (χ1) is 9.76. The number of aromatic nitrogens is 1. The summed E-state index contributed by atoms with van der Waals surface area (Å²) < 4.78 is 10.7. The molecule has 1 aliphatic carbocycles. The summed E-state index contributed by atoms with van der Waals surface area (Å²) in [6, 6.07) is 6.54. The molecular weight excluding hydrogens is 252 g/mol. The fourth-order valence-electron chi connectivity index (χ4n) is 2.67. The van der Waals surface area contributed by atoms with Gasteiger partial charge in [0, 0.05) is 17.6 Å². The number of fused-ring (bicyclic) bond motifs is 1. The molecule has 1 aliphatic rings. The minimum atomic E-state index is 0.561. The molecule has 106 valence electrons. The molecule has 4 nitrogen and oxygen atoms in total. The van der Waals surface area contributed by atoms with Crippen LogP contribution in [0.4, 0.5) is 5.82 Å². The van der Waals surface area contributed by atoms with Crippen LogP contribution in [-0.2, 0) is 0 Å². The second kappa shape index (κ2) is 5.19. The van der Waals surface area contributed by atoms with E-state index in [-0.39, 0.29) is 0 Å². The molecule has 1 N–H and O–H groups in total. The summed E-state index contributed by atoms with van der Waals surface area (Å²) in [4.78, 5) is 4.48. The zero-order valence-corrected chi connectivity index (χ0v) is 12.1. The van der Waals surface area contributed by atoms with E-state index in [1.54, 1.807) is 14.2 Å². The number of rotatable bonds is 5. The van der Waals surface area contributed by atoms with Gasteiger partial charge in [0.25, 0.3) is 0 Å². The van der Waals surface area contributed by atoms with Gasteiger partial charge in [-0.05, 0) is 35.9 Å². The van der Waals surface area contributed by atoms with Gasteiger partial charge in [-0.3, -0.25) is 0 Å². The van der Waals surface area contributed by atoms with Crippen molar-refractivity contribution in [2.24, 2.45) is 5.92 Å². The molecule has 20 heavy (non-hydrogen) atoms. The lowest BCUT2D eigenvalue weighted by Crippen LogP contribution is -2.06. The van der Waals surface area contributed by atoms with Gasteiger partial charge in [-0.1, -0.05) is 13.3 Å². The van der Waals surface area contributed by atoms with E-state index >= 15 is 0 Å². The minimum absolute atomic E-state index is 0.561. The van der Waals surface area contributed by atoms with Crippen LogP contribution in [0.3, 0.4) is 0 Å². The molecule has 2 atom stereocenters. The molecule has 0 radical (unpaired) electrons. The summed E-state index contributed by atoms with van der Waals surface area (Å²) in [7, 11) is 3.31. The fourth-order valence-corrected chi connectivity index (χ4v) is 2.67. The Morgan fingerprint density at radius 1 is 1.25 bits per heavy atom. The van der Waals surface area contributed by atoms with Crippen molar-refractivity contribution in [3.63, 3.8) is 0 Å². The number of nitrogens with zero attached hydrogens (tertiary/aromatic N) is 1. The molecule has 0 spiro atoms. The van der Waals surface area contributed by atoms with Crippen LogP contribution in [0.2, 0.25) is 0 Å². The van der Waals surface area contributed by atoms with Crippen molar-refractivity contribution in [1.82, 2.24) is 4.98 Å². The second-order valence-corrected chi connectivity index (χ2v) is 5.24. The van der Waals surface area contributed by atoms with Crippen LogP contribution in [0.1, 0.15) is 19.8 Å². The molecule has 1 heterocycles. The van der Waals surface area contributed by atoms with Gasteiger partial charge in [0.05, 0.1) is 14.2 Å². The van der Waals surface area contributed by atoms with Crippen LogP contribution in [0.5, 0.6) is 11.5 Å². The number of hydrogen-bond donors (Lipinski definition) is 1. The molecule has 0 saturated heterocycles. The Kier molecular flexibility index (Phi) is 3.38. The first-order valence-electron chi connectivity index (χ1n) is 7.04. The monoisotopic (exact) mass is 272 g/mol. The molecule has 1 fully saturated rings. The summed E-state index contributed by atoms with van der Waals surface area (Å²) in [6.07, 6.45) is 4.29. The summed E-state index contributed by atoms with van der Waals surface area (Å²) in [5, 5.41) is 5.72. The van der Waals surface area contributed by atoms with Crippen molar-refractivity contribution in [1.29, 1.82) is 0 Å². The maximum Gasteiger partial charge on any atom is 0.161 e. The van der Waals surface area contributed by atoms with Crippen LogP contribution >= 0.6 is 0 Å². The number of pyridine rings is 1. The Bertz CT molecular complexity index is 627. The third-order valence-electron chi connectivity index (χ3n) is 4.04.